The first kappa shape index (κ1) is 15.3. The van der Waals surface area contributed by atoms with E-state index < -0.39 is 7.67 Å². The molecule has 0 spiro atoms. The van der Waals surface area contributed by atoms with Gasteiger partial charge in [0, 0.05) is 11.1 Å². The zero-order chi connectivity index (χ0) is 15.3. The molecule has 0 atom stereocenters. The van der Waals surface area contributed by atoms with E-state index in [1.807, 2.05) is 42.5 Å². The van der Waals surface area contributed by atoms with Crippen molar-refractivity contribution >= 4 is 13.4 Å². The highest BCUT2D eigenvalue weighted by Gasteiger charge is 2.13. The van der Waals surface area contributed by atoms with Crippen molar-refractivity contribution in [3.05, 3.63) is 65.7 Å². The van der Waals surface area contributed by atoms with Gasteiger partial charge in [0.1, 0.15) is 11.5 Å². The highest BCUT2D eigenvalue weighted by Crippen LogP contribution is 2.27. The molecule has 0 unspecified atom stereocenters. The largest absolute Gasteiger partial charge is 0.497 e. The lowest BCUT2D eigenvalue weighted by molar-refractivity contribution is 0.335. The molecule has 0 aliphatic rings. The zero-order valence-corrected chi connectivity index (χ0v) is 12.4. The van der Waals surface area contributed by atoms with Crippen LogP contribution in [0.15, 0.2) is 59.8 Å². The van der Waals surface area contributed by atoms with Crippen LogP contribution in [0.1, 0.15) is 11.1 Å². The lowest BCUT2D eigenvalue weighted by Crippen LogP contribution is -2.09. The Morgan fingerprint density at radius 2 is 1.57 bits per heavy atom. The fourth-order valence-corrected chi connectivity index (χ4v) is 1.93. The molecule has 2 rings (SSSR count). The highest BCUT2D eigenvalue weighted by molar-refractivity contribution is 7.53. The summed E-state index contributed by atoms with van der Waals surface area (Å²) < 4.78 is 21.1. The second-order valence-corrected chi connectivity index (χ2v) is 5.72. The Hall–Kier alpha value is -2.14. The number of nitrogens with two attached hydrogens (primary N) is 2. The minimum absolute atomic E-state index is 0.481. The molecule has 0 aliphatic carbocycles. The molecule has 2 aromatic carbocycles. The Bertz CT molecular complexity index is 666. The number of nitrogens with zero attached hydrogens (tertiary/aromatic N) is 1. The summed E-state index contributed by atoms with van der Waals surface area (Å²) in [6, 6.07) is 16.5. The molecule has 0 saturated heterocycles. The first-order valence-corrected chi connectivity index (χ1v) is 7.90. The highest BCUT2D eigenvalue weighted by atomic mass is 31.2. The normalized spacial score (nSPS) is 12.0. The number of ether oxygens (including phenoxy) is 1. The van der Waals surface area contributed by atoms with Gasteiger partial charge < -0.3 is 9.36 Å². The molecule has 2 aromatic rings. The van der Waals surface area contributed by atoms with Gasteiger partial charge in [0.25, 0.3) is 0 Å². The van der Waals surface area contributed by atoms with Gasteiger partial charge in [0.05, 0.1) is 7.11 Å². The Morgan fingerprint density at radius 3 is 2.10 bits per heavy atom. The van der Waals surface area contributed by atoms with Crippen LogP contribution in [0.3, 0.4) is 0 Å². The van der Waals surface area contributed by atoms with Crippen molar-refractivity contribution in [2.45, 2.75) is 0 Å². The van der Waals surface area contributed by atoms with E-state index in [1.54, 1.807) is 19.2 Å². The summed E-state index contributed by atoms with van der Waals surface area (Å²) in [5.41, 5.74) is 12.4. The van der Waals surface area contributed by atoms with E-state index in [1.165, 1.54) is 0 Å². The van der Waals surface area contributed by atoms with Crippen LogP contribution in [-0.4, -0.2) is 12.8 Å². The standard InChI is InChI=1S/C14H16N3O3P/c1-19-13-9-7-12(8-10-13)14(17-20-21(15,16)18)11-5-3-2-4-6-11/h2-10H,1H3,(H4,15,16,18)/b17-14-. The molecule has 110 valence electrons. The van der Waals surface area contributed by atoms with Crippen LogP contribution in [0.4, 0.5) is 0 Å². The summed E-state index contributed by atoms with van der Waals surface area (Å²) in [6.07, 6.45) is 0. The fraction of sp³-hybridized carbons (Fsp3) is 0.0714. The van der Waals surface area contributed by atoms with Gasteiger partial charge in [-0.25, -0.2) is 15.6 Å². The third kappa shape index (κ3) is 4.43. The van der Waals surface area contributed by atoms with E-state index in [2.05, 4.69) is 5.16 Å². The first-order valence-electron chi connectivity index (χ1n) is 6.13. The van der Waals surface area contributed by atoms with Crippen LogP contribution in [-0.2, 0) is 9.19 Å². The monoisotopic (exact) mass is 305 g/mol. The third-order valence-electron chi connectivity index (χ3n) is 2.67. The average Bonchev–Trinajstić information content (AvgIpc) is 2.48. The average molecular weight is 305 g/mol. The maximum absolute atomic E-state index is 11.3. The lowest BCUT2D eigenvalue weighted by Gasteiger charge is -2.09. The molecule has 0 fully saturated rings. The van der Waals surface area contributed by atoms with Crippen LogP contribution < -0.4 is 15.7 Å². The van der Waals surface area contributed by atoms with Crippen molar-refractivity contribution in [3.63, 3.8) is 0 Å². The van der Waals surface area contributed by atoms with Crippen LogP contribution in [0.2, 0.25) is 0 Å². The Kier molecular flexibility index (Phi) is 4.75. The molecule has 0 bridgehead atoms. The molecule has 4 N–H and O–H groups in total. The van der Waals surface area contributed by atoms with Crippen molar-refractivity contribution in [1.29, 1.82) is 0 Å². The molecule has 21 heavy (non-hydrogen) atoms. The summed E-state index contributed by atoms with van der Waals surface area (Å²) in [5.74, 6) is 0.718. The SMILES string of the molecule is COc1ccc(/C(=N\OP(N)(N)=O)c2ccccc2)cc1. The molecule has 0 aromatic heterocycles. The van der Waals surface area contributed by atoms with E-state index >= 15 is 0 Å². The second-order valence-electron chi connectivity index (χ2n) is 4.26. The van der Waals surface area contributed by atoms with Crippen LogP contribution in [0.5, 0.6) is 5.75 Å². The molecule has 6 nitrogen and oxygen atoms in total. The van der Waals surface area contributed by atoms with E-state index in [4.69, 9.17) is 20.4 Å². The van der Waals surface area contributed by atoms with Crippen LogP contribution in [0.25, 0.3) is 0 Å². The topological polar surface area (TPSA) is 99.9 Å². The van der Waals surface area contributed by atoms with E-state index in [9.17, 15) is 4.57 Å². The van der Waals surface area contributed by atoms with Gasteiger partial charge in [0.15, 0.2) is 0 Å². The zero-order valence-electron chi connectivity index (χ0n) is 11.5. The number of hydrogen-bond donors (Lipinski definition) is 2. The molecule has 0 radical (unpaired) electrons. The van der Waals surface area contributed by atoms with Gasteiger partial charge in [-0.2, -0.15) is 0 Å². The van der Waals surface area contributed by atoms with Gasteiger partial charge >= 0.3 is 7.67 Å². The Morgan fingerprint density at radius 1 is 1.00 bits per heavy atom. The Balaban J connectivity index is 2.42. The molecular formula is C14H16N3O3P. The predicted molar refractivity (Wildman–Crippen MR) is 82.1 cm³/mol. The summed E-state index contributed by atoms with van der Waals surface area (Å²) in [4.78, 5) is 0. The quantitative estimate of drug-likeness (QED) is 0.502. The van der Waals surface area contributed by atoms with Gasteiger partial charge in [-0.05, 0) is 24.3 Å². The Labute approximate surface area is 122 Å². The minimum Gasteiger partial charge on any atom is -0.497 e. The maximum atomic E-state index is 11.3. The van der Waals surface area contributed by atoms with Crippen molar-refractivity contribution in [2.24, 2.45) is 16.2 Å². The van der Waals surface area contributed by atoms with Crippen molar-refractivity contribution < 1.29 is 13.9 Å². The van der Waals surface area contributed by atoms with Gasteiger partial charge in [0.2, 0.25) is 0 Å². The summed E-state index contributed by atoms with van der Waals surface area (Å²) in [7, 11) is -2.10. The number of rotatable bonds is 5. The minimum atomic E-state index is -3.69. The van der Waals surface area contributed by atoms with Gasteiger partial charge in [-0.15, -0.1) is 0 Å². The summed E-state index contributed by atoms with van der Waals surface area (Å²) in [5, 5.41) is 3.85. The molecule has 0 heterocycles. The van der Waals surface area contributed by atoms with Gasteiger partial charge in [-0.1, -0.05) is 35.5 Å². The number of hydrogen-bond acceptors (Lipinski definition) is 4. The fourth-order valence-electron chi connectivity index (χ4n) is 1.72. The molecular weight excluding hydrogens is 289 g/mol. The second kappa shape index (κ2) is 6.54. The van der Waals surface area contributed by atoms with Crippen LogP contribution >= 0.6 is 7.67 Å². The lowest BCUT2D eigenvalue weighted by atomic mass is 10.0. The molecule has 0 amide bonds. The third-order valence-corrected chi connectivity index (χ3v) is 3.01. The van der Waals surface area contributed by atoms with E-state index in [0.717, 1.165) is 16.9 Å². The van der Waals surface area contributed by atoms with Crippen molar-refractivity contribution in [2.75, 3.05) is 7.11 Å². The number of methoxy groups -OCH3 is 1. The predicted octanol–water partition coefficient (Wildman–Crippen LogP) is 2.49. The van der Waals surface area contributed by atoms with E-state index in [0.29, 0.717) is 5.71 Å². The van der Waals surface area contributed by atoms with Crippen LogP contribution in [0, 0.1) is 0 Å². The van der Waals surface area contributed by atoms with Gasteiger partial charge in [-0.3, -0.25) is 0 Å². The molecule has 0 aliphatic heterocycles. The summed E-state index contributed by atoms with van der Waals surface area (Å²) in [6.45, 7) is 0. The number of benzene rings is 2. The van der Waals surface area contributed by atoms with E-state index in [-0.39, 0.29) is 0 Å². The van der Waals surface area contributed by atoms with Crippen molar-refractivity contribution in [1.82, 2.24) is 0 Å². The number of oxime groups is 1. The molecule has 0 saturated carbocycles. The van der Waals surface area contributed by atoms with Crippen molar-refractivity contribution in [3.8, 4) is 5.75 Å². The smallest absolute Gasteiger partial charge is 0.405 e. The summed E-state index contributed by atoms with van der Waals surface area (Å²) >= 11 is 0. The first-order chi connectivity index (χ1) is 9.99. The maximum Gasteiger partial charge on any atom is 0.405 e. The molecule has 7 heteroatoms.